The Labute approximate surface area is 137 Å². The van der Waals surface area contributed by atoms with Crippen LogP contribution in [0.5, 0.6) is 0 Å². The number of amides is 1. The lowest BCUT2D eigenvalue weighted by molar-refractivity contribution is 0.0731. The third-order valence-corrected chi connectivity index (χ3v) is 5.65. The van der Waals surface area contributed by atoms with E-state index in [2.05, 4.69) is 28.5 Å². The summed E-state index contributed by atoms with van der Waals surface area (Å²) in [5.41, 5.74) is 0.394. The van der Waals surface area contributed by atoms with Gasteiger partial charge in [-0.15, -0.1) is 0 Å². The van der Waals surface area contributed by atoms with Crippen molar-refractivity contribution in [2.24, 2.45) is 0 Å². The van der Waals surface area contributed by atoms with Gasteiger partial charge in [0.25, 0.3) is 15.9 Å². The SMILES string of the molecule is CNS(=O)(=O)c1ccc(C(=O)N(C)[C@H]2CCN(C(C)C)C2)cn1. The fourth-order valence-corrected chi connectivity index (χ4v) is 3.34. The molecule has 1 aliphatic heterocycles. The van der Waals surface area contributed by atoms with E-state index in [1.165, 1.54) is 25.4 Å². The number of hydrogen-bond donors (Lipinski definition) is 1. The van der Waals surface area contributed by atoms with Crippen LogP contribution in [0.3, 0.4) is 0 Å². The summed E-state index contributed by atoms with van der Waals surface area (Å²) in [4.78, 5) is 20.5. The molecular weight excluding hydrogens is 316 g/mol. The molecule has 1 saturated heterocycles. The smallest absolute Gasteiger partial charge is 0.257 e. The lowest BCUT2D eigenvalue weighted by Crippen LogP contribution is -2.40. The molecule has 2 rings (SSSR count). The number of likely N-dealkylation sites (N-methyl/N-ethyl adjacent to an activating group) is 1. The van der Waals surface area contributed by atoms with E-state index in [9.17, 15) is 13.2 Å². The van der Waals surface area contributed by atoms with Crippen molar-refractivity contribution in [3.8, 4) is 0 Å². The van der Waals surface area contributed by atoms with Gasteiger partial charge in [0.1, 0.15) is 0 Å². The van der Waals surface area contributed by atoms with Crippen molar-refractivity contribution in [2.75, 3.05) is 27.2 Å². The van der Waals surface area contributed by atoms with Crippen LogP contribution in [-0.4, -0.2) is 68.4 Å². The average Bonchev–Trinajstić information content (AvgIpc) is 3.04. The normalized spacial score (nSPS) is 19.3. The summed E-state index contributed by atoms with van der Waals surface area (Å²) in [7, 11) is -0.475. The summed E-state index contributed by atoms with van der Waals surface area (Å²) in [5, 5.41) is -0.0916. The number of carbonyl (C=O) groups excluding carboxylic acids is 1. The van der Waals surface area contributed by atoms with Crippen molar-refractivity contribution < 1.29 is 13.2 Å². The predicted molar refractivity (Wildman–Crippen MR) is 87.7 cm³/mol. The van der Waals surface area contributed by atoms with Crippen molar-refractivity contribution in [1.82, 2.24) is 19.5 Å². The third-order valence-electron chi connectivity index (χ3n) is 4.32. The Morgan fingerprint density at radius 3 is 2.61 bits per heavy atom. The molecule has 8 heteroatoms. The van der Waals surface area contributed by atoms with Crippen LogP contribution in [0.4, 0.5) is 0 Å². The first-order valence-corrected chi connectivity index (χ1v) is 9.15. The second kappa shape index (κ2) is 6.94. The molecule has 0 radical (unpaired) electrons. The third kappa shape index (κ3) is 3.88. The Balaban J connectivity index is 2.09. The molecule has 1 aliphatic rings. The Morgan fingerprint density at radius 2 is 2.13 bits per heavy atom. The van der Waals surface area contributed by atoms with Crippen LogP contribution in [0, 0.1) is 0 Å². The van der Waals surface area contributed by atoms with Crippen molar-refractivity contribution in [3.05, 3.63) is 23.9 Å². The fourth-order valence-electron chi connectivity index (χ4n) is 2.69. The van der Waals surface area contributed by atoms with Crippen LogP contribution in [-0.2, 0) is 10.0 Å². The molecule has 0 bridgehead atoms. The summed E-state index contributed by atoms with van der Waals surface area (Å²) in [6.07, 6.45) is 2.26. The molecule has 1 fully saturated rings. The number of carbonyl (C=O) groups is 1. The molecule has 1 atom stereocenters. The van der Waals surface area contributed by atoms with Gasteiger partial charge in [-0.3, -0.25) is 9.69 Å². The van der Waals surface area contributed by atoms with Crippen molar-refractivity contribution in [2.45, 2.75) is 37.4 Å². The Bertz CT molecular complexity index is 658. The lowest BCUT2D eigenvalue weighted by Gasteiger charge is -2.26. The van der Waals surface area contributed by atoms with E-state index in [1.54, 1.807) is 11.9 Å². The van der Waals surface area contributed by atoms with Crippen molar-refractivity contribution >= 4 is 15.9 Å². The van der Waals surface area contributed by atoms with Crippen LogP contribution >= 0.6 is 0 Å². The molecule has 1 amide bonds. The molecule has 2 heterocycles. The van der Waals surface area contributed by atoms with Crippen molar-refractivity contribution in [3.63, 3.8) is 0 Å². The minimum absolute atomic E-state index is 0.0916. The molecule has 23 heavy (non-hydrogen) atoms. The Hall–Kier alpha value is -1.51. The maximum Gasteiger partial charge on any atom is 0.257 e. The second-order valence-corrected chi connectivity index (χ2v) is 7.87. The van der Waals surface area contributed by atoms with E-state index in [0.717, 1.165) is 19.5 Å². The molecular formula is C15H24N4O3S. The largest absolute Gasteiger partial charge is 0.337 e. The van der Waals surface area contributed by atoms with Crippen LogP contribution < -0.4 is 4.72 Å². The molecule has 0 aliphatic carbocycles. The second-order valence-electron chi connectivity index (χ2n) is 6.04. The maximum absolute atomic E-state index is 12.5. The van der Waals surface area contributed by atoms with Crippen LogP contribution in [0.15, 0.2) is 23.4 Å². The minimum atomic E-state index is -3.59. The first-order valence-electron chi connectivity index (χ1n) is 7.67. The summed E-state index contributed by atoms with van der Waals surface area (Å²) >= 11 is 0. The van der Waals surface area contributed by atoms with Gasteiger partial charge in [-0.05, 0) is 39.4 Å². The molecule has 1 N–H and O–H groups in total. The van der Waals surface area contributed by atoms with E-state index in [-0.39, 0.29) is 17.0 Å². The summed E-state index contributed by atoms with van der Waals surface area (Å²) < 4.78 is 25.5. The summed E-state index contributed by atoms with van der Waals surface area (Å²) in [6, 6.07) is 3.49. The van der Waals surface area contributed by atoms with Gasteiger partial charge >= 0.3 is 0 Å². The molecule has 0 spiro atoms. The Kier molecular flexibility index (Phi) is 5.38. The lowest BCUT2D eigenvalue weighted by atomic mass is 10.2. The first kappa shape index (κ1) is 17.8. The monoisotopic (exact) mass is 340 g/mol. The van der Waals surface area contributed by atoms with E-state index in [1.807, 2.05) is 0 Å². The van der Waals surface area contributed by atoms with Gasteiger partial charge in [0.15, 0.2) is 5.03 Å². The highest BCUT2D eigenvalue weighted by Crippen LogP contribution is 2.18. The highest BCUT2D eigenvalue weighted by Gasteiger charge is 2.30. The molecule has 0 saturated carbocycles. The van der Waals surface area contributed by atoms with E-state index in [4.69, 9.17) is 0 Å². The van der Waals surface area contributed by atoms with Gasteiger partial charge in [0, 0.05) is 38.4 Å². The number of aromatic nitrogens is 1. The van der Waals surface area contributed by atoms with Gasteiger partial charge in [-0.2, -0.15) is 0 Å². The molecule has 7 nitrogen and oxygen atoms in total. The van der Waals surface area contributed by atoms with E-state index in [0.29, 0.717) is 11.6 Å². The number of hydrogen-bond acceptors (Lipinski definition) is 5. The van der Waals surface area contributed by atoms with Gasteiger partial charge in [0.2, 0.25) is 0 Å². The van der Waals surface area contributed by atoms with E-state index < -0.39 is 10.0 Å². The van der Waals surface area contributed by atoms with E-state index >= 15 is 0 Å². The first-order chi connectivity index (χ1) is 10.8. The molecule has 0 unspecified atom stereocenters. The molecule has 0 aromatic carbocycles. The van der Waals surface area contributed by atoms with Gasteiger partial charge in [-0.1, -0.05) is 0 Å². The van der Waals surface area contributed by atoms with Gasteiger partial charge in [-0.25, -0.2) is 18.1 Å². The molecule has 1 aromatic heterocycles. The fraction of sp³-hybridized carbons (Fsp3) is 0.600. The average molecular weight is 340 g/mol. The summed E-state index contributed by atoms with van der Waals surface area (Å²) in [5.74, 6) is -0.137. The number of nitrogens with one attached hydrogen (secondary N) is 1. The van der Waals surface area contributed by atoms with Crippen LogP contribution in [0.25, 0.3) is 0 Å². The minimum Gasteiger partial charge on any atom is -0.337 e. The van der Waals surface area contributed by atoms with Gasteiger partial charge in [0.05, 0.1) is 5.56 Å². The predicted octanol–water partition coefficient (Wildman–Crippen LogP) is 0.544. The number of rotatable bonds is 5. The zero-order chi connectivity index (χ0) is 17.2. The highest BCUT2D eigenvalue weighted by molar-refractivity contribution is 7.89. The number of likely N-dealkylation sites (tertiary alicyclic amines) is 1. The zero-order valence-electron chi connectivity index (χ0n) is 14.0. The summed E-state index contributed by atoms with van der Waals surface area (Å²) in [6.45, 7) is 6.14. The molecule has 1 aromatic rings. The molecule has 128 valence electrons. The number of sulfonamides is 1. The van der Waals surface area contributed by atoms with Crippen LogP contribution in [0.1, 0.15) is 30.6 Å². The quantitative estimate of drug-likeness (QED) is 0.846. The maximum atomic E-state index is 12.5. The number of nitrogens with zero attached hydrogens (tertiary/aromatic N) is 3. The van der Waals surface area contributed by atoms with Gasteiger partial charge < -0.3 is 4.90 Å². The standard InChI is InChI=1S/C15H24N4O3S/c1-11(2)19-8-7-13(10-19)18(4)15(20)12-5-6-14(17-9-12)23(21,22)16-3/h5-6,9,11,13,16H,7-8,10H2,1-4H3/t13-/m0/s1. The Morgan fingerprint density at radius 1 is 1.43 bits per heavy atom. The van der Waals surface area contributed by atoms with Crippen molar-refractivity contribution in [1.29, 1.82) is 0 Å². The topological polar surface area (TPSA) is 82.6 Å². The zero-order valence-corrected chi connectivity index (χ0v) is 14.8. The van der Waals surface area contributed by atoms with Crippen LogP contribution in [0.2, 0.25) is 0 Å². The highest BCUT2D eigenvalue weighted by atomic mass is 32.2. The number of pyridine rings is 1.